The van der Waals surface area contributed by atoms with Gasteiger partial charge in [0.2, 0.25) is 10.0 Å². The van der Waals surface area contributed by atoms with Crippen molar-refractivity contribution in [3.8, 4) is 0 Å². The van der Waals surface area contributed by atoms with Gasteiger partial charge in [-0.2, -0.15) is 0 Å². The molecule has 4 nitrogen and oxygen atoms in total. The van der Waals surface area contributed by atoms with Gasteiger partial charge in [-0.25, -0.2) is 12.7 Å². The summed E-state index contributed by atoms with van der Waals surface area (Å²) in [4.78, 5) is 0. The van der Waals surface area contributed by atoms with E-state index in [1.54, 1.807) is 31.3 Å². The standard InChI is InChI=1S/C13H22N2O2S/c1-4-11(2)9-15(3)18(16,17)10-12-5-7-13(14)8-6-12/h5-8,11H,4,9-10,14H2,1-3H3. The van der Waals surface area contributed by atoms with Crippen LogP contribution < -0.4 is 5.73 Å². The van der Waals surface area contributed by atoms with E-state index in [2.05, 4.69) is 13.8 Å². The Hall–Kier alpha value is -1.07. The number of hydrogen-bond donors (Lipinski definition) is 1. The summed E-state index contributed by atoms with van der Waals surface area (Å²) in [7, 11) is -1.60. The molecular weight excluding hydrogens is 248 g/mol. The van der Waals surface area contributed by atoms with Crippen molar-refractivity contribution in [2.75, 3.05) is 19.3 Å². The van der Waals surface area contributed by atoms with Gasteiger partial charge in [0.15, 0.2) is 0 Å². The summed E-state index contributed by atoms with van der Waals surface area (Å²) < 4.78 is 25.7. The summed E-state index contributed by atoms with van der Waals surface area (Å²) in [6.45, 7) is 4.67. The number of benzene rings is 1. The van der Waals surface area contributed by atoms with Crippen LogP contribution in [0.2, 0.25) is 0 Å². The molecule has 0 aliphatic heterocycles. The van der Waals surface area contributed by atoms with Crippen LogP contribution in [-0.2, 0) is 15.8 Å². The normalized spacial score (nSPS) is 13.8. The molecule has 0 spiro atoms. The first kappa shape index (κ1) is 15.0. The van der Waals surface area contributed by atoms with Gasteiger partial charge in [0.25, 0.3) is 0 Å². The highest BCUT2D eigenvalue weighted by Crippen LogP contribution is 2.13. The maximum Gasteiger partial charge on any atom is 0.218 e. The van der Waals surface area contributed by atoms with E-state index < -0.39 is 10.0 Å². The highest BCUT2D eigenvalue weighted by molar-refractivity contribution is 7.88. The molecule has 0 fully saturated rings. The number of nitrogens with two attached hydrogens (primary N) is 1. The number of rotatable bonds is 6. The molecule has 0 bridgehead atoms. The first-order valence-electron chi connectivity index (χ1n) is 6.13. The van der Waals surface area contributed by atoms with Crippen LogP contribution in [-0.4, -0.2) is 26.3 Å². The molecule has 1 unspecified atom stereocenters. The van der Waals surface area contributed by atoms with Crippen molar-refractivity contribution < 1.29 is 8.42 Å². The Labute approximate surface area is 110 Å². The van der Waals surface area contributed by atoms with Gasteiger partial charge in [-0.1, -0.05) is 32.4 Å². The molecule has 1 rings (SSSR count). The Bertz CT molecular complexity index is 468. The van der Waals surface area contributed by atoms with E-state index in [0.717, 1.165) is 12.0 Å². The molecule has 18 heavy (non-hydrogen) atoms. The number of nitrogen functional groups attached to an aromatic ring is 1. The largest absolute Gasteiger partial charge is 0.399 e. The molecule has 0 radical (unpaired) electrons. The molecule has 1 aromatic carbocycles. The monoisotopic (exact) mass is 270 g/mol. The maximum atomic E-state index is 12.1. The van der Waals surface area contributed by atoms with Gasteiger partial charge in [0.1, 0.15) is 0 Å². The summed E-state index contributed by atoms with van der Waals surface area (Å²) >= 11 is 0. The van der Waals surface area contributed by atoms with E-state index in [1.165, 1.54) is 4.31 Å². The van der Waals surface area contributed by atoms with Crippen LogP contribution in [0.3, 0.4) is 0 Å². The number of sulfonamides is 1. The maximum absolute atomic E-state index is 12.1. The van der Waals surface area contributed by atoms with Crippen LogP contribution in [0.1, 0.15) is 25.8 Å². The third-order valence-corrected chi connectivity index (χ3v) is 4.87. The van der Waals surface area contributed by atoms with E-state index in [1.807, 2.05) is 0 Å². The fourth-order valence-electron chi connectivity index (χ4n) is 1.62. The Morgan fingerprint density at radius 3 is 2.33 bits per heavy atom. The number of nitrogens with zero attached hydrogens (tertiary/aromatic N) is 1. The van der Waals surface area contributed by atoms with Crippen LogP contribution in [0.25, 0.3) is 0 Å². The minimum absolute atomic E-state index is 0.0280. The lowest BCUT2D eigenvalue weighted by molar-refractivity contribution is 0.393. The zero-order valence-electron chi connectivity index (χ0n) is 11.3. The Kier molecular flexibility index (Phi) is 5.16. The summed E-state index contributed by atoms with van der Waals surface area (Å²) in [5.74, 6) is 0.399. The van der Waals surface area contributed by atoms with Crippen molar-refractivity contribution in [3.05, 3.63) is 29.8 Å². The SMILES string of the molecule is CCC(C)CN(C)S(=O)(=O)Cc1ccc(N)cc1. The first-order valence-corrected chi connectivity index (χ1v) is 7.74. The molecule has 0 aliphatic rings. The van der Waals surface area contributed by atoms with E-state index in [0.29, 0.717) is 18.2 Å². The molecule has 0 aromatic heterocycles. The van der Waals surface area contributed by atoms with Crippen molar-refractivity contribution >= 4 is 15.7 Å². The van der Waals surface area contributed by atoms with Gasteiger partial charge < -0.3 is 5.73 Å². The molecule has 2 N–H and O–H groups in total. The van der Waals surface area contributed by atoms with Crippen LogP contribution in [0.4, 0.5) is 5.69 Å². The van der Waals surface area contributed by atoms with Crippen molar-refractivity contribution in [1.82, 2.24) is 4.31 Å². The van der Waals surface area contributed by atoms with E-state index in [4.69, 9.17) is 5.73 Å². The molecular formula is C13H22N2O2S. The van der Waals surface area contributed by atoms with Gasteiger partial charge in [-0.15, -0.1) is 0 Å². The van der Waals surface area contributed by atoms with Gasteiger partial charge in [0, 0.05) is 19.3 Å². The lowest BCUT2D eigenvalue weighted by Crippen LogP contribution is -2.32. The molecule has 1 aromatic rings. The summed E-state index contributed by atoms with van der Waals surface area (Å²) in [6.07, 6.45) is 0.974. The smallest absolute Gasteiger partial charge is 0.218 e. The third kappa shape index (κ3) is 4.31. The zero-order valence-corrected chi connectivity index (χ0v) is 12.1. The topological polar surface area (TPSA) is 63.4 Å². The van der Waals surface area contributed by atoms with E-state index in [-0.39, 0.29) is 5.75 Å². The summed E-state index contributed by atoms with van der Waals surface area (Å²) in [6, 6.07) is 6.95. The van der Waals surface area contributed by atoms with Crippen molar-refractivity contribution in [2.24, 2.45) is 5.92 Å². The molecule has 0 heterocycles. The highest BCUT2D eigenvalue weighted by Gasteiger charge is 2.19. The molecule has 5 heteroatoms. The minimum Gasteiger partial charge on any atom is -0.399 e. The van der Waals surface area contributed by atoms with Crippen LogP contribution in [0, 0.1) is 5.92 Å². The van der Waals surface area contributed by atoms with Crippen LogP contribution in [0.15, 0.2) is 24.3 Å². The molecule has 0 saturated heterocycles. The molecule has 102 valence electrons. The van der Waals surface area contributed by atoms with Gasteiger partial charge in [-0.05, 0) is 23.6 Å². The third-order valence-electron chi connectivity index (χ3n) is 3.07. The molecule has 0 aliphatic carbocycles. The summed E-state index contributed by atoms with van der Waals surface area (Å²) in [5, 5.41) is 0. The fourth-order valence-corrected chi connectivity index (χ4v) is 2.93. The van der Waals surface area contributed by atoms with Crippen molar-refractivity contribution in [1.29, 1.82) is 0 Å². The second-order valence-electron chi connectivity index (χ2n) is 4.79. The van der Waals surface area contributed by atoms with Crippen LogP contribution >= 0.6 is 0 Å². The minimum atomic E-state index is -3.24. The Morgan fingerprint density at radius 1 is 1.28 bits per heavy atom. The highest BCUT2D eigenvalue weighted by atomic mass is 32.2. The predicted octanol–water partition coefficient (Wildman–Crippen LogP) is 2.08. The van der Waals surface area contributed by atoms with Crippen molar-refractivity contribution in [3.63, 3.8) is 0 Å². The Morgan fingerprint density at radius 2 is 1.83 bits per heavy atom. The van der Waals surface area contributed by atoms with E-state index in [9.17, 15) is 8.42 Å². The Balaban J connectivity index is 2.72. The quantitative estimate of drug-likeness (QED) is 0.805. The lowest BCUT2D eigenvalue weighted by atomic mass is 10.1. The average molecular weight is 270 g/mol. The molecule has 0 saturated carbocycles. The second kappa shape index (κ2) is 6.20. The van der Waals surface area contributed by atoms with Crippen molar-refractivity contribution in [2.45, 2.75) is 26.0 Å². The van der Waals surface area contributed by atoms with Gasteiger partial charge in [0.05, 0.1) is 5.75 Å². The van der Waals surface area contributed by atoms with E-state index >= 15 is 0 Å². The van der Waals surface area contributed by atoms with Gasteiger partial charge in [-0.3, -0.25) is 0 Å². The lowest BCUT2D eigenvalue weighted by Gasteiger charge is -2.20. The second-order valence-corrected chi connectivity index (χ2v) is 6.87. The fraction of sp³-hybridized carbons (Fsp3) is 0.538. The number of anilines is 1. The molecule has 0 amide bonds. The predicted molar refractivity (Wildman–Crippen MR) is 75.6 cm³/mol. The first-order chi connectivity index (χ1) is 8.35. The van der Waals surface area contributed by atoms with Gasteiger partial charge >= 0.3 is 0 Å². The average Bonchev–Trinajstić information content (AvgIpc) is 2.31. The summed E-state index contributed by atoms with van der Waals surface area (Å²) in [5.41, 5.74) is 6.98. The molecule has 1 atom stereocenters. The van der Waals surface area contributed by atoms with Crippen LogP contribution in [0.5, 0.6) is 0 Å². The number of hydrogen-bond acceptors (Lipinski definition) is 3. The zero-order chi connectivity index (χ0) is 13.8.